The van der Waals surface area contributed by atoms with E-state index in [1.165, 1.54) is 0 Å². The maximum Gasteiger partial charge on any atom is 0.372 e. The lowest BCUT2D eigenvalue weighted by Gasteiger charge is -2.08. The van der Waals surface area contributed by atoms with E-state index in [4.69, 9.17) is 33.5 Å². The number of unbranched alkanes of at least 4 members (excludes halogenated alkanes) is 1. The number of carboxylic acid groups (broad SMARTS) is 1. The van der Waals surface area contributed by atoms with Gasteiger partial charge >= 0.3 is 11.9 Å². The number of aliphatic carboxylic acids is 1. The van der Waals surface area contributed by atoms with Crippen LogP contribution in [0.3, 0.4) is 0 Å². The highest BCUT2D eigenvalue weighted by Crippen LogP contribution is 1.95. The third-order valence-electron chi connectivity index (χ3n) is 3.42. The molecule has 0 rings (SSSR count). The average Bonchev–Trinajstić information content (AvgIpc) is 2.71. The molecule has 0 spiro atoms. The average molecular weight is 422 g/mol. The van der Waals surface area contributed by atoms with Crippen molar-refractivity contribution in [1.82, 2.24) is 0 Å². The minimum atomic E-state index is -1.55. The smallest absolute Gasteiger partial charge is 0.372 e. The highest BCUT2D eigenvalue weighted by atomic mass is 16.6. The molecule has 0 aromatic rings. The molecule has 0 heterocycles. The summed E-state index contributed by atoms with van der Waals surface area (Å²) in [5.74, 6) is -3.20. The highest BCUT2D eigenvalue weighted by molar-refractivity contribution is 6.32. The molecule has 0 unspecified atom stereocenters. The van der Waals surface area contributed by atoms with Gasteiger partial charge in [-0.2, -0.15) is 0 Å². The standard InChI is InChI=1S/C19H34O10/c1-2-3-6-24-7-8-25-9-10-26-11-12-27-13-14-28-15-16-29-18(21)5-4-17(20)19(22)23/h2-16H2,1H3,(H,22,23). The van der Waals surface area contributed by atoms with E-state index < -0.39 is 17.7 Å². The molecule has 1 N–H and O–H groups in total. The summed E-state index contributed by atoms with van der Waals surface area (Å²) in [7, 11) is 0. The van der Waals surface area contributed by atoms with Crippen molar-refractivity contribution in [2.45, 2.75) is 32.6 Å². The minimum Gasteiger partial charge on any atom is -0.476 e. The van der Waals surface area contributed by atoms with Gasteiger partial charge in [0.2, 0.25) is 5.78 Å². The zero-order chi connectivity index (χ0) is 21.6. The van der Waals surface area contributed by atoms with Crippen LogP contribution in [0, 0.1) is 0 Å². The SMILES string of the molecule is CCCCOCCOCCOCCOCCOCCOC(=O)CCC(=O)C(=O)O. The number of carboxylic acids is 1. The summed E-state index contributed by atoms with van der Waals surface area (Å²) in [6.45, 7) is 6.94. The molecule has 0 atom stereocenters. The second kappa shape index (κ2) is 21.1. The summed E-state index contributed by atoms with van der Waals surface area (Å²) in [5.41, 5.74) is 0. The minimum absolute atomic E-state index is 0.0346. The predicted octanol–water partition coefficient (Wildman–Crippen LogP) is 0.847. The molecule has 0 aromatic carbocycles. The van der Waals surface area contributed by atoms with Gasteiger partial charge in [0.05, 0.1) is 65.9 Å². The van der Waals surface area contributed by atoms with Gasteiger partial charge in [-0.15, -0.1) is 0 Å². The number of carbonyl (C=O) groups excluding carboxylic acids is 2. The number of ether oxygens (including phenoxy) is 6. The molecule has 0 saturated carbocycles. The van der Waals surface area contributed by atoms with Crippen molar-refractivity contribution in [3.63, 3.8) is 0 Å². The normalized spacial score (nSPS) is 10.8. The number of hydrogen-bond donors (Lipinski definition) is 1. The van der Waals surface area contributed by atoms with Gasteiger partial charge < -0.3 is 33.5 Å². The van der Waals surface area contributed by atoms with E-state index in [2.05, 4.69) is 6.92 Å². The van der Waals surface area contributed by atoms with Crippen LogP contribution in [0.4, 0.5) is 0 Å². The van der Waals surface area contributed by atoms with Crippen molar-refractivity contribution in [3.05, 3.63) is 0 Å². The van der Waals surface area contributed by atoms with E-state index in [9.17, 15) is 14.4 Å². The number of rotatable bonds is 22. The van der Waals surface area contributed by atoms with Crippen LogP contribution < -0.4 is 0 Å². The molecular weight excluding hydrogens is 388 g/mol. The molecule has 0 saturated heterocycles. The van der Waals surface area contributed by atoms with E-state index >= 15 is 0 Å². The molecule has 10 nitrogen and oxygen atoms in total. The van der Waals surface area contributed by atoms with E-state index in [1.807, 2.05) is 0 Å². The van der Waals surface area contributed by atoms with E-state index in [1.54, 1.807) is 0 Å². The van der Waals surface area contributed by atoms with Gasteiger partial charge in [-0.3, -0.25) is 9.59 Å². The van der Waals surface area contributed by atoms with Gasteiger partial charge in [-0.05, 0) is 6.42 Å². The zero-order valence-corrected chi connectivity index (χ0v) is 17.2. The molecule has 0 aliphatic rings. The number of Topliss-reactive ketones (excluding diaryl/α,β-unsaturated/α-hetero) is 1. The van der Waals surface area contributed by atoms with E-state index in [0.29, 0.717) is 52.9 Å². The molecule has 0 aliphatic carbocycles. The molecule has 10 heteroatoms. The summed E-state index contributed by atoms with van der Waals surface area (Å²) < 4.78 is 31.4. The molecule has 170 valence electrons. The fraction of sp³-hybridized carbons (Fsp3) is 0.842. The Morgan fingerprint density at radius 1 is 0.621 bits per heavy atom. The number of carbonyl (C=O) groups is 3. The fourth-order valence-corrected chi connectivity index (χ4v) is 1.84. The fourth-order valence-electron chi connectivity index (χ4n) is 1.84. The van der Waals surface area contributed by atoms with Crippen molar-refractivity contribution in [2.24, 2.45) is 0 Å². The molecule has 0 aromatic heterocycles. The quantitative estimate of drug-likeness (QED) is 0.152. The first kappa shape index (κ1) is 27.4. The molecule has 0 radical (unpaired) electrons. The summed E-state index contributed by atoms with van der Waals surface area (Å²) in [5, 5.41) is 8.38. The molecular formula is C19H34O10. The Morgan fingerprint density at radius 2 is 1.03 bits per heavy atom. The highest BCUT2D eigenvalue weighted by Gasteiger charge is 2.14. The maximum atomic E-state index is 11.3. The first-order valence-electron chi connectivity index (χ1n) is 9.88. The number of ketones is 1. The Hall–Kier alpha value is -1.59. The van der Waals surface area contributed by atoms with Crippen LogP contribution in [-0.2, 0) is 42.8 Å². The Morgan fingerprint density at radius 3 is 1.45 bits per heavy atom. The van der Waals surface area contributed by atoms with Gasteiger partial charge in [0.25, 0.3) is 0 Å². The third-order valence-corrected chi connectivity index (χ3v) is 3.42. The van der Waals surface area contributed by atoms with Crippen molar-refractivity contribution in [3.8, 4) is 0 Å². The maximum absolute atomic E-state index is 11.3. The Labute approximate surface area is 171 Å². The molecule has 0 aliphatic heterocycles. The van der Waals surface area contributed by atoms with Crippen LogP contribution in [0.25, 0.3) is 0 Å². The van der Waals surface area contributed by atoms with Crippen LogP contribution in [0.1, 0.15) is 32.6 Å². The van der Waals surface area contributed by atoms with Gasteiger partial charge in [0.15, 0.2) is 0 Å². The molecule has 29 heavy (non-hydrogen) atoms. The van der Waals surface area contributed by atoms with Gasteiger partial charge in [-0.1, -0.05) is 13.3 Å². The van der Waals surface area contributed by atoms with Crippen molar-refractivity contribution >= 4 is 17.7 Å². The van der Waals surface area contributed by atoms with E-state index in [0.717, 1.165) is 19.4 Å². The molecule has 0 amide bonds. The summed E-state index contributed by atoms with van der Waals surface area (Å²) >= 11 is 0. The Kier molecular flexibility index (Phi) is 20.0. The summed E-state index contributed by atoms with van der Waals surface area (Å²) in [6.07, 6.45) is 1.57. The van der Waals surface area contributed by atoms with Crippen LogP contribution in [-0.4, -0.2) is 95.5 Å². The van der Waals surface area contributed by atoms with Crippen LogP contribution in [0.2, 0.25) is 0 Å². The van der Waals surface area contributed by atoms with Gasteiger partial charge in [0, 0.05) is 13.0 Å². The first-order chi connectivity index (χ1) is 14.1. The van der Waals surface area contributed by atoms with Gasteiger partial charge in [-0.25, -0.2) is 4.79 Å². The summed E-state index contributed by atoms with van der Waals surface area (Å²) in [6, 6.07) is 0. The second-order valence-electron chi connectivity index (χ2n) is 5.86. The third kappa shape index (κ3) is 20.9. The summed E-state index contributed by atoms with van der Waals surface area (Å²) in [4.78, 5) is 32.4. The monoisotopic (exact) mass is 422 g/mol. The lowest BCUT2D eigenvalue weighted by molar-refractivity contribution is -0.151. The van der Waals surface area contributed by atoms with Crippen molar-refractivity contribution in [2.75, 3.05) is 72.7 Å². The first-order valence-corrected chi connectivity index (χ1v) is 9.88. The van der Waals surface area contributed by atoms with Crippen LogP contribution >= 0.6 is 0 Å². The Balaban J connectivity index is 3.17. The van der Waals surface area contributed by atoms with Gasteiger partial charge in [0.1, 0.15) is 6.61 Å². The number of esters is 1. The number of hydrogen-bond acceptors (Lipinski definition) is 9. The predicted molar refractivity (Wildman–Crippen MR) is 102 cm³/mol. The topological polar surface area (TPSA) is 127 Å². The van der Waals surface area contributed by atoms with Crippen molar-refractivity contribution in [1.29, 1.82) is 0 Å². The molecule has 0 fully saturated rings. The largest absolute Gasteiger partial charge is 0.476 e. The van der Waals surface area contributed by atoms with Crippen LogP contribution in [0.5, 0.6) is 0 Å². The van der Waals surface area contributed by atoms with Crippen molar-refractivity contribution < 1.29 is 47.9 Å². The zero-order valence-electron chi connectivity index (χ0n) is 17.2. The Bertz CT molecular complexity index is 427. The van der Waals surface area contributed by atoms with E-state index in [-0.39, 0.29) is 26.1 Å². The second-order valence-corrected chi connectivity index (χ2v) is 5.86. The lowest BCUT2D eigenvalue weighted by atomic mass is 10.2. The van der Waals surface area contributed by atoms with Crippen LogP contribution in [0.15, 0.2) is 0 Å². The lowest BCUT2D eigenvalue weighted by Crippen LogP contribution is -2.17. The molecule has 0 bridgehead atoms.